The number of para-hydroxylation sites is 1. The standard InChI is InChI=1S/C46H54N4O12S/c1-21-14-13-15-22(2)44(58)48-35-28(20-47-49-45-50(9)29-16-11-12-17-31(29)63-45)39(55)32-33(40(35)56)38(54)26(6)42-34(32)43(57)46(8,62-42)60-19-18-30(59-10)23(3)41(61-27(7)51)25(5)37(53)24(4)36(21)52/h11-21,23-25,30,36-37,41,52-56H,1-10H3,(H,48,58)/b14-13?,19-18-,22-15-,47-20+,49-45+/t21-,23-,24+,25+,30-,36-,37+,41+,46-/m0/s1. The Bertz CT molecular complexity index is 2660. The van der Waals surface area contributed by atoms with Crippen LogP contribution in [0.15, 0.2) is 70.6 Å². The van der Waals surface area contributed by atoms with E-state index in [0.717, 1.165) is 16.4 Å². The number of aryl methyl sites for hydroxylation is 1. The number of aromatic nitrogens is 1. The fourth-order valence-corrected chi connectivity index (χ4v) is 9.16. The SMILES string of the molecule is CO[C@H]1/C=C\O[C@@]2(C)Oc3c(C)c(O)c4c(O)c(c(/C=N/N=c5/sc6ccccc6n5C)c(O)c4c3C2=O)NC(=O)/C(C)=C\C=C[C@H](C)[C@H](O)[C@@H](C)[C@@H](O)[C@@H](C)[C@H](OC(C)=O)[C@H]1C. The number of phenols is 3. The van der Waals surface area contributed by atoms with Crippen molar-refractivity contribution in [3.05, 3.63) is 81.9 Å². The third-order valence-electron chi connectivity index (χ3n) is 12.1. The minimum Gasteiger partial charge on any atom is -0.507 e. The van der Waals surface area contributed by atoms with E-state index in [0.29, 0.717) is 4.80 Å². The Hall–Kier alpha value is -6.01. The first kappa shape index (κ1) is 46.5. The minimum absolute atomic E-state index is 0.0280. The van der Waals surface area contributed by atoms with Gasteiger partial charge in [-0.25, -0.2) is 0 Å². The van der Waals surface area contributed by atoms with Crippen molar-refractivity contribution in [1.29, 1.82) is 0 Å². The molecular formula is C46H54N4O12S. The number of allylic oxidation sites excluding steroid dienone is 2. The number of ketones is 1. The van der Waals surface area contributed by atoms with Crippen molar-refractivity contribution in [2.45, 2.75) is 85.6 Å². The molecule has 9 atom stereocenters. The number of esters is 1. The molecule has 3 aliphatic heterocycles. The quantitative estimate of drug-likeness (QED) is 0.0440. The smallest absolute Gasteiger partial charge is 0.312 e. The van der Waals surface area contributed by atoms with Crippen LogP contribution in [0.3, 0.4) is 0 Å². The summed E-state index contributed by atoms with van der Waals surface area (Å²) >= 11 is 1.36. The summed E-state index contributed by atoms with van der Waals surface area (Å²) in [5.74, 6) is -8.73. The summed E-state index contributed by atoms with van der Waals surface area (Å²) in [6.07, 6.45) is 4.55. The van der Waals surface area contributed by atoms with Crippen LogP contribution in [0.2, 0.25) is 0 Å². The lowest BCUT2D eigenvalue weighted by Gasteiger charge is -2.38. The zero-order chi connectivity index (χ0) is 46.2. The summed E-state index contributed by atoms with van der Waals surface area (Å²) in [6.45, 7) is 12.4. The van der Waals surface area contributed by atoms with Gasteiger partial charge in [0, 0.05) is 68.2 Å². The van der Waals surface area contributed by atoms with Crippen molar-refractivity contribution in [2.75, 3.05) is 12.4 Å². The molecule has 0 radical (unpaired) electrons. The number of Topliss-reactive ketones (excluding diaryl/α,β-unsaturated/α-hetero) is 1. The number of nitrogens with one attached hydrogen (secondary N) is 1. The fraction of sp³-hybridized carbons (Fsp3) is 0.413. The maximum absolute atomic E-state index is 14.5. The first-order valence-electron chi connectivity index (χ1n) is 20.4. The molecule has 7 rings (SSSR count). The number of aromatic hydroxyl groups is 3. The highest BCUT2D eigenvalue weighted by Gasteiger charge is 2.50. The third kappa shape index (κ3) is 8.70. The number of rotatable bonds is 4. The van der Waals surface area contributed by atoms with Crippen molar-refractivity contribution < 1.29 is 58.9 Å². The number of carbonyl (C=O) groups is 3. The number of hydrogen-bond acceptors (Lipinski definition) is 15. The largest absolute Gasteiger partial charge is 0.507 e. The Balaban J connectivity index is 1.55. The summed E-state index contributed by atoms with van der Waals surface area (Å²) in [4.78, 5) is 41.2. The Morgan fingerprint density at radius 1 is 0.968 bits per heavy atom. The first-order valence-corrected chi connectivity index (χ1v) is 21.2. The van der Waals surface area contributed by atoms with Crippen LogP contribution in [-0.2, 0) is 30.8 Å². The van der Waals surface area contributed by atoms with E-state index in [1.807, 2.05) is 35.9 Å². The summed E-state index contributed by atoms with van der Waals surface area (Å²) in [7, 11) is 3.24. The van der Waals surface area contributed by atoms with E-state index in [2.05, 4.69) is 15.5 Å². The Kier molecular flexibility index (Phi) is 13.6. The lowest BCUT2D eigenvalue weighted by Crippen LogP contribution is -2.46. The van der Waals surface area contributed by atoms with Crippen LogP contribution in [0.1, 0.15) is 70.0 Å². The number of hydrogen-bond donors (Lipinski definition) is 6. The molecule has 6 N–H and O–H groups in total. The average molecular weight is 887 g/mol. The predicted octanol–water partition coefficient (Wildman–Crippen LogP) is 6.24. The molecule has 4 heterocycles. The predicted molar refractivity (Wildman–Crippen MR) is 238 cm³/mol. The molecule has 4 aromatic rings. The summed E-state index contributed by atoms with van der Waals surface area (Å²) < 4.78 is 26.4. The van der Waals surface area contributed by atoms with E-state index in [-0.39, 0.29) is 44.5 Å². The molecule has 63 heavy (non-hydrogen) atoms. The van der Waals surface area contributed by atoms with Gasteiger partial charge in [-0.2, -0.15) is 5.10 Å². The van der Waals surface area contributed by atoms with Crippen LogP contribution in [0.4, 0.5) is 5.69 Å². The second-order valence-electron chi connectivity index (χ2n) is 16.4. The normalized spacial score (nSPS) is 28.9. The van der Waals surface area contributed by atoms with Crippen LogP contribution in [0, 0.1) is 30.6 Å². The van der Waals surface area contributed by atoms with Gasteiger partial charge in [0.05, 0.1) is 63.2 Å². The summed E-state index contributed by atoms with van der Waals surface area (Å²) in [6, 6.07) is 7.64. The molecule has 16 nitrogen and oxygen atoms in total. The van der Waals surface area contributed by atoms with Crippen molar-refractivity contribution >= 4 is 61.9 Å². The van der Waals surface area contributed by atoms with Crippen molar-refractivity contribution in [1.82, 2.24) is 4.57 Å². The maximum atomic E-state index is 14.5. The second kappa shape index (κ2) is 18.4. The monoisotopic (exact) mass is 886 g/mol. The van der Waals surface area contributed by atoms with Gasteiger partial charge in [-0.1, -0.05) is 69.4 Å². The fourth-order valence-electron chi connectivity index (χ4n) is 8.19. The van der Waals surface area contributed by atoms with Crippen LogP contribution in [0.5, 0.6) is 23.0 Å². The van der Waals surface area contributed by atoms with Crippen LogP contribution in [-0.4, -0.2) is 91.3 Å². The number of fused-ring (bicyclic) bond motifs is 15. The second-order valence-corrected chi connectivity index (χ2v) is 17.4. The average Bonchev–Trinajstić information content (AvgIpc) is 3.71. The molecule has 0 aliphatic carbocycles. The molecule has 5 bridgehead atoms. The number of methoxy groups -OCH3 is 1. The lowest BCUT2D eigenvalue weighted by molar-refractivity contribution is -0.160. The third-order valence-corrected chi connectivity index (χ3v) is 13.2. The van der Waals surface area contributed by atoms with Crippen molar-refractivity contribution in [3.63, 3.8) is 0 Å². The van der Waals surface area contributed by atoms with Gasteiger partial charge in [-0.3, -0.25) is 14.4 Å². The van der Waals surface area contributed by atoms with Crippen LogP contribution < -0.4 is 14.9 Å². The van der Waals surface area contributed by atoms with E-state index < -0.39 is 88.8 Å². The topological polar surface area (TPSA) is 231 Å². The first-order chi connectivity index (χ1) is 29.7. The molecule has 0 unspecified atom stereocenters. The van der Waals surface area contributed by atoms with Gasteiger partial charge in [0.1, 0.15) is 23.4 Å². The van der Waals surface area contributed by atoms with Gasteiger partial charge in [0.25, 0.3) is 11.7 Å². The Labute approximate surface area is 368 Å². The van der Waals surface area contributed by atoms with Gasteiger partial charge in [0.15, 0.2) is 5.75 Å². The van der Waals surface area contributed by atoms with Gasteiger partial charge in [-0.05, 0) is 32.1 Å². The Morgan fingerprint density at radius 3 is 2.33 bits per heavy atom. The molecule has 3 aliphatic rings. The lowest BCUT2D eigenvalue weighted by atomic mass is 9.78. The number of ether oxygens (including phenoxy) is 4. The number of benzene rings is 3. The molecule has 0 saturated carbocycles. The molecule has 3 aromatic carbocycles. The van der Waals surface area contributed by atoms with Crippen LogP contribution >= 0.6 is 11.3 Å². The molecule has 1 aromatic heterocycles. The zero-order valence-electron chi connectivity index (χ0n) is 36.7. The molecule has 17 heteroatoms. The van der Waals surface area contributed by atoms with Gasteiger partial charge in [-0.15, -0.1) is 5.10 Å². The number of thiazole rings is 1. The van der Waals surface area contributed by atoms with Gasteiger partial charge in [0.2, 0.25) is 4.80 Å². The van der Waals surface area contributed by atoms with Crippen molar-refractivity contribution in [3.8, 4) is 23.0 Å². The number of amides is 1. The molecule has 0 spiro atoms. The van der Waals surface area contributed by atoms with Gasteiger partial charge < -0.3 is 54.4 Å². The van der Waals surface area contributed by atoms with Gasteiger partial charge >= 0.3 is 11.8 Å². The van der Waals surface area contributed by atoms with E-state index in [1.54, 1.807) is 39.8 Å². The van der Waals surface area contributed by atoms with E-state index >= 15 is 0 Å². The number of phenolic OH excluding ortho intramolecular Hbond substituents is 3. The number of aliphatic hydroxyl groups excluding tert-OH is 2. The molecule has 1 amide bonds. The van der Waals surface area contributed by atoms with E-state index in [4.69, 9.17) is 18.9 Å². The maximum Gasteiger partial charge on any atom is 0.312 e. The summed E-state index contributed by atoms with van der Waals surface area (Å²) in [5.41, 5.74) is 0.257. The highest BCUT2D eigenvalue weighted by Crippen LogP contribution is 2.55. The van der Waals surface area contributed by atoms with Crippen LogP contribution in [0.25, 0.3) is 21.0 Å². The van der Waals surface area contributed by atoms with E-state index in [9.17, 15) is 39.9 Å². The number of nitrogens with zero attached hydrogens (tertiary/aromatic N) is 3. The number of anilines is 1. The Morgan fingerprint density at radius 2 is 1.67 bits per heavy atom. The molecule has 336 valence electrons. The molecule has 0 fully saturated rings. The zero-order valence-corrected chi connectivity index (χ0v) is 37.6. The van der Waals surface area contributed by atoms with Crippen molar-refractivity contribution in [2.24, 2.45) is 40.9 Å². The molecule has 0 saturated heterocycles. The number of carbonyl (C=O) groups excluding carboxylic acids is 3. The highest BCUT2D eigenvalue weighted by molar-refractivity contribution is 7.16. The minimum atomic E-state index is -2.08. The van der Waals surface area contributed by atoms with E-state index in [1.165, 1.54) is 64.6 Å². The highest BCUT2D eigenvalue weighted by atomic mass is 32.1. The number of aliphatic hydroxyl groups is 2. The molecular weight excluding hydrogens is 833 g/mol. The summed E-state index contributed by atoms with van der Waals surface area (Å²) in [5, 5.41) is 69.3.